The van der Waals surface area contributed by atoms with Crippen LogP contribution in [0.4, 0.5) is 5.00 Å². The van der Waals surface area contributed by atoms with Crippen LogP contribution in [0.1, 0.15) is 48.0 Å². The van der Waals surface area contributed by atoms with Crippen molar-refractivity contribution in [3.63, 3.8) is 0 Å². The van der Waals surface area contributed by atoms with E-state index in [1.54, 1.807) is 6.92 Å². The summed E-state index contributed by atoms with van der Waals surface area (Å²) in [5.41, 5.74) is 6.36. The molecule has 3 N–H and O–H groups in total. The zero-order valence-electron chi connectivity index (χ0n) is 13.3. The second-order valence-electron chi connectivity index (χ2n) is 5.28. The molecule has 5 nitrogen and oxygen atoms in total. The van der Waals surface area contributed by atoms with Crippen LogP contribution < -0.4 is 11.1 Å². The smallest absolute Gasteiger partial charge is 0.341 e. The maximum atomic E-state index is 12.4. The molecule has 21 heavy (non-hydrogen) atoms. The molecule has 0 saturated carbocycles. The summed E-state index contributed by atoms with van der Waals surface area (Å²) in [6.45, 7) is 9.83. The van der Waals surface area contributed by atoms with Crippen LogP contribution in [0.25, 0.3) is 0 Å². The topological polar surface area (TPSA) is 81.4 Å². The molecular weight excluding hydrogens is 288 g/mol. The Morgan fingerprint density at radius 3 is 2.43 bits per heavy atom. The van der Waals surface area contributed by atoms with Crippen LogP contribution in [-0.2, 0) is 9.53 Å². The number of carbonyl (C=O) groups excluding carboxylic acids is 2. The molecule has 1 rings (SSSR count). The van der Waals surface area contributed by atoms with E-state index in [0.29, 0.717) is 23.6 Å². The predicted molar refractivity (Wildman–Crippen MR) is 85.8 cm³/mol. The molecule has 118 valence electrons. The van der Waals surface area contributed by atoms with Gasteiger partial charge in [-0.1, -0.05) is 6.92 Å². The van der Waals surface area contributed by atoms with Gasteiger partial charge in [-0.25, -0.2) is 4.79 Å². The van der Waals surface area contributed by atoms with Gasteiger partial charge in [0.05, 0.1) is 17.6 Å². The third kappa shape index (κ3) is 3.63. The Balaban J connectivity index is 3.12. The molecule has 6 heteroatoms. The number of hydrogen-bond acceptors (Lipinski definition) is 5. The Labute approximate surface area is 129 Å². The number of ether oxygens (including phenoxy) is 1. The number of aryl methyl sites for hydroxylation is 1. The highest BCUT2D eigenvalue weighted by Crippen LogP contribution is 2.34. The molecule has 0 saturated heterocycles. The molecule has 0 aliphatic carbocycles. The molecule has 1 unspecified atom stereocenters. The van der Waals surface area contributed by atoms with Crippen LogP contribution >= 0.6 is 11.3 Å². The Kier molecular flexibility index (Phi) is 5.92. The normalized spacial score (nSPS) is 13.6. The zero-order valence-corrected chi connectivity index (χ0v) is 14.1. The molecular formula is C15H24N2O3S. The van der Waals surface area contributed by atoms with E-state index in [0.717, 1.165) is 10.4 Å². The average Bonchev–Trinajstić information content (AvgIpc) is 2.73. The minimum atomic E-state index is -0.641. The standard InChI is InChI=1S/C15H24N2O3S/c1-6-15(5,8-16)14(19)17-12-11(13(18)20-7-2)9(3)10(4)21-12/h6-8,16H2,1-5H3,(H,17,19). The SMILES string of the molecule is CCOC(=O)c1c(NC(=O)C(C)(CC)CN)sc(C)c1C. The van der Waals surface area contributed by atoms with E-state index in [1.807, 2.05) is 27.7 Å². The minimum Gasteiger partial charge on any atom is -0.462 e. The highest BCUT2D eigenvalue weighted by molar-refractivity contribution is 7.16. The monoisotopic (exact) mass is 312 g/mol. The summed E-state index contributed by atoms with van der Waals surface area (Å²) in [6.07, 6.45) is 0.632. The molecule has 0 aliphatic rings. The fourth-order valence-corrected chi connectivity index (χ4v) is 2.86. The van der Waals surface area contributed by atoms with Gasteiger partial charge in [0.15, 0.2) is 0 Å². The van der Waals surface area contributed by atoms with E-state index in [4.69, 9.17) is 10.5 Å². The minimum absolute atomic E-state index is 0.167. The lowest BCUT2D eigenvalue weighted by atomic mass is 9.87. The Morgan fingerprint density at radius 2 is 1.95 bits per heavy atom. The number of nitrogens with one attached hydrogen (secondary N) is 1. The first kappa shape index (κ1) is 17.7. The van der Waals surface area contributed by atoms with Crippen molar-refractivity contribution < 1.29 is 14.3 Å². The molecule has 0 bridgehead atoms. The van der Waals surface area contributed by atoms with E-state index in [-0.39, 0.29) is 12.5 Å². The summed E-state index contributed by atoms with van der Waals surface area (Å²) >= 11 is 1.39. The third-order valence-electron chi connectivity index (χ3n) is 3.87. The van der Waals surface area contributed by atoms with Crippen molar-refractivity contribution in [2.24, 2.45) is 11.1 Å². The van der Waals surface area contributed by atoms with Gasteiger partial charge in [0.25, 0.3) is 0 Å². The fourth-order valence-electron chi connectivity index (χ4n) is 1.82. The maximum Gasteiger partial charge on any atom is 0.341 e. The van der Waals surface area contributed by atoms with Gasteiger partial charge in [-0.2, -0.15) is 0 Å². The lowest BCUT2D eigenvalue weighted by Gasteiger charge is -2.24. The van der Waals surface area contributed by atoms with Gasteiger partial charge < -0.3 is 15.8 Å². The van der Waals surface area contributed by atoms with E-state index in [9.17, 15) is 9.59 Å². The fraction of sp³-hybridized carbons (Fsp3) is 0.600. The molecule has 0 radical (unpaired) electrons. The first-order valence-corrected chi connectivity index (χ1v) is 7.91. The van der Waals surface area contributed by atoms with Crippen molar-refractivity contribution in [2.75, 3.05) is 18.5 Å². The number of esters is 1. The molecule has 0 spiro atoms. The van der Waals surface area contributed by atoms with Crippen molar-refractivity contribution in [1.29, 1.82) is 0 Å². The van der Waals surface area contributed by atoms with Gasteiger partial charge in [0.1, 0.15) is 5.00 Å². The molecule has 1 aromatic heterocycles. The lowest BCUT2D eigenvalue weighted by molar-refractivity contribution is -0.124. The number of hydrogen-bond donors (Lipinski definition) is 2. The van der Waals surface area contributed by atoms with Gasteiger partial charge in [0.2, 0.25) is 5.91 Å². The molecule has 1 atom stereocenters. The zero-order chi connectivity index (χ0) is 16.2. The summed E-state index contributed by atoms with van der Waals surface area (Å²) in [7, 11) is 0. The number of anilines is 1. The highest BCUT2D eigenvalue weighted by Gasteiger charge is 2.32. The Morgan fingerprint density at radius 1 is 1.33 bits per heavy atom. The highest BCUT2D eigenvalue weighted by atomic mass is 32.1. The number of carbonyl (C=O) groups is 2. The van der Waals surface area contributed by atoms with Crippen molar-refractivity contribution in [3.8, 4) is 0 Å². The van der Waals surface area contributed by atoms with Gasteiger partial charge in [0, 0.05) is 11.4 Å². The second kappa shape index (κ2) is 7.04. The number of nitrogens with two attached hydrogens (primary N) is 1. The molecule has 1 heterocycles. The van der Waals surface area contributed by atoms with Crippen molar-refractivity contribution >= 4 is 28.2 Å². The summed E-state index contributed by atoms with van der Waals surface area (Å²) < 4.78 is 5.07. The number of amides is 1. The average molecular weight is 312 g/mol. The van der Waals surface area contributed by atoms with Gasteiger partial charge >= 0.3 is 5.97 Å². The second-order valence-corrected chi connectivity index (χ2v) is 6.51. The van der Waals surface area contributed by atoms with E-state index in [1.165, 1.54) is 11.3 Å². The van der Waals surface area contributed by atoms with Gasteiger partial charge in [-0.15, -0.1) is 11.3 Å². The molecule has 0 aromatic carbocycles. The molecule has 0 aliphatic heterocycles. The largest absolute Gasteiger partial charge is 0.462 e. The number of thiophene rings is 1. The van der Waals surface area contributed by atoms with Crippen LogP contribution in [0.3, 0.4) is 0 Å². The predicted octanol–water partition coefficient (Wildman–Crippen LogP) is 2.86. The summed E-state index contributed by atoms with van der Waals surface area (Å²) in [6, 6.07) is 0. The van der Waals surface area contributed by atoms with Crippen LogP contribution in [-0.4, -0.2) is 25.0 Å². The quantitative estimate of drug-likeness (QED) is 0.791. The first-order chi connectivity index (χ1) is 9.80. The lowest BCUT2D eigenvalue weighted by Crippen LogP contribution is -2.39. The summed E-state index contributed by atoms with van der Waals surface area (Å²) in [4.78, 5) is 25.5. The first-order valence-electron chi connectivity index (χ1n) is 7.09. The summed E-state index contributed by atoms with van der Waals surface area (Å²) in [5.74, 6) is -0.570. The van der Waals surface area contributed by atoms with Crippen molar-refractivity contribution in [1.82, 2.24) is 0 Å². The summed E-state index contributed by atoms with van der Waals surface area (Å²) in [5, 5.41) is 3.40. The van der Waals surface area contributed by atoms with E-state index >= 15 is 0 Å². The van der Waals surface area contributed by atoms with E-state index in [2.05, 4.69) is 5.32 Å². The van der Waals surface area contributed by atoms with Gasteiger partial charge in [-0.3, -0.25) is 4.79 Å². The van der Waals surface area contributed by atoms with Crippen molar-refractivity contribution in [3.05, 3.63) is 16.0 Å². The van der Waals surface area contributed by atoms with Crippen LogP contribution in [0.2, 0.25) is 0 Å². The van der Waals surface area contributed by atoms with Gasteiger partial charge in [-0.05, 0) is 39.7 Å². The molecule has 1 aromatic rings. The van der Waals surface area contributed by atoms with Crippen LogP contribution in [0.15, 0.2) is 0 Å². The third-order valence-corrected chi connectivity index (χ3v) is 4.99. The van der Waals surface area contributed by atoms with Crippen LogP contribution in [0, 0.1) is 19.3 Å². The van der Waals surface area contributed by atoms with Crippen LogP contribution in [0.5, 0.6) is 0 Å². The number of rotatable bonds is 6. The molecule has 1 amide bonds. The Bertz CT molecular complexity index is 533. The maximum absolute atomic E-state index is 12.4. The Hall–Kier alpha value is -1.40. The van der Waals surface area contributed by atoms with E-state index < -0.39 is 11.4 Å². The molecule has 0 fully saturated rings. The van der Waals surface area contributed by atoms with Crippen molar-refractivity contribution in [2.45, 2.75) is 41.0 Å².